The summed E-state index contributed by atoms with van der Waals surface area (Å²) in [6.45, 7) is 4.53. The van der Waals surface area contributed by atoms with Crippen LogP contribution in [0, 0.1) is 0 Å². The Bertz CT molecular complexity index is 435. The molecule has 1 rings (SSSR count). The van der Waals surface area contributed by atoms with Gasteiger partial charge in [0.2, 0.25) is 0 Å². The van der Waals surface area contributed by atoms with Gasteiger partial charge in [0.25, 0.3) is 0 Å². The summed E-state index contributed by atoms with van der Waals surface area (Å²) in [5, 5.41) is 13.6. The van der Waals surface area contributed by atoms with E-state index in [1.165, 1.54) is 0 Å². The molecular weight excluding hydrogens is 266 g/mol. The number of hydrogen-bond donors (Lipinski definition) is 2. The lowest BCUT2D eigenvalue weighted by Crippen LogP contribution is -2.19. The maximum absolute atomic E-state index is 10.2. The van der Waals surface area contributed by atoms with Crippen LogP contribution in [0.2, 0.25) is 5.02 Å². The summed E-state index contributed by atoms with van der Waals surface area (Å²) in [6, 6.07) is 1.75. The van der Waals surface area contributed by atoms with Crippen molar-refractivity contribution in [3.05, 3.63) is 22.2 Å². The SMILES string of the molecule is CNCC(O)c1cc(Cl)c(OC)c(OC)c1C(C)C. The van der Waals surface area contributed by atoms with Gasteiger partial charge in [-0.25, -0.2) is 0 Å². The molecule has 5 heteroatoms. The van der Waals surface area contributed by atoms with Crippen LogP contribution in [0.3, 0.4) is 0 Å². The summed E-state index contributed by atoms with van der Waals surface area (Å²) >= 11 is 6.20. The quantitative estimate of drug-likeness (QED) is 0.845. The molecule has 0 bridgehead atoms. The number of methoxy groups -OCH3 is 2. The highest BCUT2D eigenvalue weighted by Gasteiger charge is 2.24. The molecule has 0 fully saturated rings. The second-order valence-electron chi connectivity index (χ2n) is 4.66. The first-order valence-corrected chi connectivity index (χ1v) is 6.62. The van der Waals surface area contributed by atoms with Crippen LogP contribution in [-0.2, 0) is 0 Å². The minimum atomic E-state index is -0.639. The maximum Gasteiger partial charge on any atom is 0.179 e. The molecule has 0 aliphatic carbocycles. The first-order chi connectivity index (χ1) is 8.97. The Kier molecular flexibility index (Phi) is 5.91. The molecule has 0 aliphatic rings. The molecule has 0 spiro atoms. The van der Waals surface area contributed by atoms with Gasteiger partial charge in [0, 0.05) is 12.1 Å². The van der Waals surface area contributed by atoms with E-state index < -0.39 is 6.10 Å². The smallest absolute Gasteiger partial charge is 0.179 e. The van der Waals surface area contributed by atoms with Gasteiger partial charge in [0.15, 0.2) is 11.5 Å². The summed E-state index contributed by atoms with van der Waals surface area (Å²) < 4.78 is 10.7. The highest BCUT2D eigenvalue weighted by Crippen LogP contribution is 2.44. The highest BCUT2D eigenvalue weighted by atomic mass is 35.5. The number of likely N-dealkylation sites (N-methyl/N-ethyl adjacent to an activating group) is 1. The van der Waals surface area contributed by atoms with Gasteiger partial charge in [-0.1, -0.05) is 25.4 Å². The predicted molar refractivity (Wildman–Crippen MR) is 77.5 cm³/mol. The monoisotopic (exact) mass is 287 g/mol. The minimum Gasteiger partial charge on any atom is -0.492 e. The fraction of sp³-hybridized carbons (Fsp3) is 0.571. The second kappa shape index (κ2) is 6.98. The minimum absolute atomic E-state index is 0.183. The molecule has 0 amide bonds. The number of aliphatic hydroxyl groups is 1. The molecule has 0 aromatic heterocycles. The molecule has 19 heavy (non-hydrogen) atoms. The number of ether oxygens (including phenoxy) is 2. The summed E-state index contributed by atoms with van der Waals surface area (Å²) in [5.41, 5.74) is 1.69. The van der Waals surface area contributed by atoms with Crippen molar-refractivity contribution in [1.29, 1.82) is 0 Å². The lowest BCUT2D eigenvalue weighted by molar-refractivity contribution is 0.175. The number of benzene rings is 1. The van der Waals surface area contributed by atoms with Gasteiger partial charge < -0.3 is 19.9 Å². The molecule has 1 aromatic carbocycles. The van der Waals surface area contributed by atoms with Crippen LogP contribution in [0.15, 0.2) is 6.07 Å². The van der Waals surface area contributed by atoms with Crippen LogP contribution in [0.25, 0.3) is 0 Å². The van der Waals surface area contributed by atoms with E-state index in [4.69, 9.17) is 21.1 Å². The Morgan fingerprint density at radius 2 is 1.84 bits per heavy atom. The first-order valence-electron chi connectivity index (χ1n) is 6.24. The summed E-state index contributed by atoms with van der Waals surface area (Å²) in [4.78, 5) is 0. The van der Waals surface area contributed by atoms with Crippen molar-refractivity contribution in [1.82, 2.24) is 5.32 Å². The van der Waals surface area contributed by atoms with E-state index in [1.54, 1.807) is 27.3 Å². The molecular formula is C14H22ClNO3. The summed E-state index contributed by atoms with van der Waals surface area (Å²) in [5.74, 6) is 1.28. The van der Waals surface area contributed by atoms with Crippen molar-refractivity contribution in [2.75, 3.05) is 27.8 Å². The fourth-order valence-corrected chi connectivity index (χ4v) is 2.49. The van der Waals surface area contributed by atoms with E-state index in [9.17, 15) is 5.11 Å². The molecule has 4 nitrogen and oxygen atoms in total. The molecule has 1 aromatic rings. The second-order valence-corrected chi connectivity index (χ2v) is 5.06. The summed E-state index contributed by atoms with van der Waals surface area (Å²) in [7, 11) is 4.92. The summed E-state index contributed by atoms with van der Waals surface area (Å²) in [6.07, 6.45) is -0.639. The Balaban J connectivity index is 3.49. The van der Waals surface area contributed by atoms with E-state index in [-0.39, 0.29) is 5.92 Å². The Morgan fingerprint density at radius 1 is 1.26 bits per heavy atom. The van der Waals surface area contributed by atoms with Crippen molar-refractivity contribution in [2.24, 2.45) is 0 Å². The third-order valence-electron chi connectivity index (χ3n) is 3.00. The number of aliphatic hydroxyl groups excluding tert-OH is 1. The zero-order valence-electron chi connectivity index (χ0n) is 12.1. The normalized spacial score (nSPS) is 12.6. The van der Waals surface area contributed by atoms with Crippen molar-refractivity contribution in [3.8, 4) is 11.5 Å². The van der Waals surface area contributed by atoms with Gasteiger partial charge in [-0.3, -0.25) is 0 Å². The maximum atomic E-state index is 10.2. The number of hydrogen-bond acceptors (Lipinski definition) is 4. The van der Waals surface area contributed by atoms with Crippen LogP contribution in [0.5, 0.6) is 11.5 Å². The molecule has 0 radical (unpaired) electrons. The molecule has 0 aliphatic heterocycles. The fourth-order valence-electron chi connectivity index (χ4n) is 2.21. The van der Waals surface area contributed by atoms with Gasteiger partial charge in [-0.05, 0) is 24.6 Å². The van der Waals surface area contributed by atoms with E-state index in [0.29, 0.717) is 23.1 Å². The number of rotatable bonds is 6. The van der Waals surface area contributed by atoms with Gasteiger partial charge >= 0.3 is 0 Å². The highest BCUT2D eigenvalue weighted by molar-refractivity contribution is 6.32. The van der Waals surface area contributed by atoms with Crippen molar-refractivity contribution >= 4 is 11.6 Å². The zero-order chi connectivity index (χ0) is 14.6. The van der Waals surface area contributed by atoms with Gasteiger partial charge in [-0.15, -0.1) is 0 Å². The molecule has 2 N–H and O–H groups in total. The zero-order valence-corrected chi connectivity index (χ0v) is 12.8. The Morgan fingerprint density at radius 3 is 2.26 bits per heavy atom. The van der Waals surface area contributed by atoms with Crippen LogP contribution in [0.4, 0.5) is 0 Å². The van der Waals surface area contributed by atoms with Crippen molar-refractivity contribution in [3.63, 3.8) is 0 Å². The van der Waals surface area contributed by atoms with E-state index in [1.807, 2.05) is 13.8 Å². The van der Waals surface area contributed by atoms with Crippen LogP contribution >= 0.6 is 11.6 Å². The van der Waals surface area contributed by atoms with E-state index in [0.717, 1.165) is 11.1 Å². The Labute approximate surface area is 119 Å². The van der Waals surface area contributed by atoms with Gasteiger partial charge in [0.1, 0.15) is 0 Å². The molecule has 1 unspecified atom stereocenters. The predicted octanol–water partition coefficient (Wildman–Crippen LogP) is 2.73. The first kappa shape index (κ1) is 16.1. The average Bonchev–Trinajstić information content (AvgIpc) is 2.36. The topological polar surface area (TPSA) is 50.7 Å². The molecule has 0 heterocycles. The molecule has 1 atom stereocenters. The number of nitrogens with one attached hydrogen (secondary N) is 1. The largest absolute Gasteiger partial charge is 0.492 e. The third-order valence-corrected chi connectivity index (χ3v) is 3.28. The lowest BCUT2D eigenvalue weighted by atomic mass is 9.92. The lowest BCUT2D eigenvalue weighted by Gasteiger charge is -2.23. The van der Waals surface area contributed by atoms with Gasteiger partial charge in [-0.2, -0.15) is 0 Å². The standard InChI is InChI=1S/C14H22ClNO3/c1-8(2)12-9(11(17)7-16-3)6-10(15)13(18-4)14(12)19-5/h6,8,11,16-17H,7H2,1-5H3. The number of halogens is 1. The van der Waals surface area contributed by atoms with Crippen LogP contribution < -0.4 is 14.8 Å². The van der Waals surface area contributed by atoms with E-state index >= 15 is 0 Å². The van der Waals surface area contributed by atoms with Crippen LogP contribution in [0.1, 0.15) is 37.0 Å². The average molecular weight is 288 g/mol. The third kappa shape index (κ3) is 3.32. The van der Waals surface area contributed by atoms with E-state index in [2.05, 4.69) is 5.32 Å². The van der Waals surface area contributed by atoms with Gasteiger partial charge in [0.05, 0.1) is 25.3 Å². The Hall–Kier alpha value is -0.970. The molecule has 108 valence electrons. The molecule has 0 saturated carbocycles. The van der Waals surface area contributed by atoms with Crippen LogP contribution in [-0.4, -0.2) is 32.9 Å². The van der Waals surface area contributed by atoms with Crippen molar-refractivity contribution < 1.29 is 14.6 Å². The van der Waals surface area contributed by atoms with Crippen molar-refractivity contribution in [2.45, 2.75) is 25.9 Å². The molecule has 0 saturated heterocycles.